The second-order valence-corrected chi connectivity index (χ2v) is 5.46. The molecule has 0 fully saturated rings. The summed E-state index contributed by atoms with van der Waals surface area (Å²) in [6.07, 6.45) is 1.81. The first-order valence-electron chi connectivity index (χ1n) is 5.68. The number of aryl methyl sites for hydroxylation is 1. The average molecular weight is 254 g/mol. The van der Waals surface area contributed by atoms with Crippen LogP contribution in [0.25, 0.3) is 0 Å². The van der Waals surface area contributed by atoms with Crippen molar-refractivity contribution < 1.29 is 13.7 Å². The number of carbonyl (C=O) groups excluding carboxylic acids is 1. The van der Waals surface area contributed by atoms with Crippen LogP contribution < -0.4 is 0 Å². The highest BCUT2D eigenvalue weighted by Crippen LogP contribution is 2.02. The van der Waals surface area contributed by atoms with E-state index in [4.69, 9.17) is 0 Å². The van der Waals surface area contributed by atoms with E-state index < -0.39 is 10.8 Å². The van der Waals surface area contributed by atoms with Gasteiger partial charge in [0.25, 0.3) is 0 Å². The first-order valence-corrected chi connectivity index (χ1v) is 7.17. The van der Waals surface area contributed by atoms with Gasteiger partial charge in [-0.1, -0.05) is 30.3 Å². The molecule has 0 spiro atoms. The molecule has 1 aromatic rings. The van der Waals surface area contributed by atoms with Crippen molar-refractivity contribution >= 4 is 16.8 Å². The second-order valence-electron chi connectivity index (χ2n) is 3.76. The van der Waals surface area contributed by atoms with Crippen LogP contribution in [0.4, 0.5) is 0 Å². The lowest BCUT2D eigenvalue weighted by Gasteiger charge is -2.02. The van der Waals surface area contributed by atoms with Crippen molar-refractivity contribution in [2.45, 2.75) is 19.3 Å². The molecule has 0 saturated heterocycles. The molecule has 0 aliphatic rings. The normalized spacial score (nSPS) is 12.1. The van der Waals surface area contributed by atoms with Crippen LogP contribution in [-0.2, 0) is 26.8 Å². The van der Waals surface area contributed by atoms with Gasteiger partial charge in [-0.05, 0) is 18.4 Å². The molecule has 3 nitrogen and oxygen atoms in total. The Morgan fingerprint density at radius 2 is 1.94 bits per heavy atom. The lowest BCUT2D eigenvalue weighted by Crippen LogP contribution is -2.08. The number of methoxy groups -OCH3 is 1. The van der Waals surface area contributed by atoms with E-state index in [1.165, 1.54) is 12.7 Å². The third kappa shape index (κ3) is 6.22. The van der Waals surface area contributed by atoms with Gasteiger partial charge in [0.1, 0.15) is 0 Å². The largest absolute Gasteiger partial charge is 0.469 e. The molecule has 94 valence electrons. The summed E-state index contributed by atoms with van der Waals surface area (Å²) in [6, 6.07) is 10.00. The maximum Gasteiger partial charge on any atom is 0.305 e. The maximum atomic E-state index is 11.6. The summed E-state index contributed by atoms with van der Waals surface area (Å²) in [5.74, 6) is 0.998. The van der Waals surface area contributed by atoms with E-state index in [1.807, 2.05) is 30.3 Å². The van der Waals surface area contributed by atoms with E-state index in [2.05, 4.69) is 4.74 Å². The molecule has 4 heteroatoms. The fourth-order valence-electron chi connectivity index (χ4n) is 1.46. The van der Waals surface area contributed by atoms with E-state index in [-0.39, 0.29) is 5.97 Å². The first-order chi connectivity index (χ1) is 8.22. The topological polar surface area (TPSA) is 43.4 Å². The molecule has 0 N–H and O–H groups in total. The standard InChI is InChI=1S/C13H18O3S/c1-16-13(14)8-5-10-17(15)11-9-12-6-3-2-4-7-12/h2-4,6-7H,5,8-11H2,1H3. The van der Waals surface area contributed by atoms with Gasteiger partial charge >= 0.3 is 5.97 Å². The molecule has 0 bridgehead atoms. The molecule has 0 radical (unpaired) electrons. The summed E-state index contributed by atoms with van der Waals surface area (Å²) < 4.78 is 16.2. The van der Waals surface area contributed by atoms with Gasteiger partial charge in [-0.15, -0.1) is 0 Å². The van der Waals surface area contributed by atoms with E-state index in [9.17, 15) is 9.00 Å². The Morgan fingerprint density at radius 1 is 1.24 bits per heavy atom. The Balaban J connectivity index is 2.16. The molecule has 0 aliphatic heterocycles. The Labute approximate surface area is 105 Å². The second kappa shape index (κ2) is 8.01. The minimum atomic E-state index is -0.847. The molecular formula is C13H18O3S. The summed E-state index contributed by atoms with van der Waals surface area (Å²) in [7, 11) is 0.523. The molecular weight excluding hydrogens is 236 g/mol. The Kier molecular flexibility index (Phi) is 6.55. The molecule has 0 amide bonds. The Morgan fingerprint density at radius 3 is 2.59 bits per heavy atom. The lowest BCUT2D eigenvalue weighted by atomic mass is 10.2. The van der Waals surface area contributed by atoms with Crippen LogP contribution in [0.15, 0.2) is 30.3 Å². The van der Waals surface area contributed by atoms with E-state index in [0.717, 1.165) is 6.42 Å². The van der Waals surface area contributed by atoms with Crippen molar-refractivity contribution in [3.05, 3.63) is 35.9 Å². The summed E-state index contributed by atoms with van der Waals surface area (Å²) in [5, 5.41) is 0. The van der Waals surface area contributed by atoms with Crippen molar-refractivity contribution in [2.75, 3.05) is 18.6 Å². The third-order valence-corrected chi connectivity index (χ3v) is 3.85. The molecule has 0 heterocycles. The summed E-state index contributed by atoms with van der Waals surface area (Å²) >= 11 is 0. The summed E-state index contributed by atoms with van der Waals surface area (Å²) in [4.78, 5) is 10.9. The number of rotatable bonds is 7. The predicted octanol–water partition coefficient (Wildman–Crippen LogP) is 1.93. The zero-order chi connectivity index (χ0) is 12.5. The van der Waals surface area contributed by atoms with Crippen LogP contribution in [0.2, 0.25) is 0 Å². The first kappa shape index (κ1) is 13.9. The van der Waals surface area contributed by atoms with Gasteiger partial charge in [-0.25, -0.2) is 0 Å². The van der Waals surface area contributed by atoms with Crippen molar-refractivity contribution in [3.8, 4) is 0 Å². The Bertz CT molecular complexity index is 362. The molecule has 1 unspecified atom stereocenters. The highest BCUT2D eigenvalue weighted by Gasteiger charge is 2.04. The molecule has 1 atom stereocenters. The number of carbonyl (C=O) groups is 1. The van der Waals surface area contributed by atoms with Crippen molar-refractivity contribution in [1.29, 1.82) is 0 Å². The monoisotopic (exact) mass is 254 g/mol. The number of benzene rings is 1. The quantitative estimate of drug-likeness (QED) is 0.698. The smallest absolute Gasteiger partial charge is 0.305 e. The molecule has 0 aliphatic carbocycles. The van der Waals surface area contributed by atoms with Crippen molar-refractivity contribution in [1.82, 2.24) is 0 Å². The van der Waals surface area contributed by atoms with Gasteiger partial charge < -0.3 is 4.74 Å². The van der Waals surface area contributed by atoms with Crippen LogP contribution >= 0.6 is 0 Å². The van der Waals surface area contributed by atoms with Crippen LogP contribution in [0, 0.1) is 0 Å². The molecule has 17 heavy (non-hydrogen) atoms. The van der Waals surface area contributed by atoms with Crippen molar-refractivity contribution in [2.24, 2.45) is 0 Å². The van der Waals surface area contributed by atoms with Crippen molar-refractivity contribution in [3.63, 3.8) is 0 Å². The number of hydrogen-bond donors (Lipinski definition) is 0. The van der Waals surface area contributed by atoms with E-state index in [0.29, 0.717) is 24.3 Å². The van der Waals surface area contributed by atoms with Crippen LogP contribution in [0.1, 0.15) is 18.4 Å². The minimum Gasteiger partial charge on any atom is -0.469 e. The molecule has 1 rings (SSSR count). The van der Waals surface area contributed by atoms with Gasteiger partial charge in [-0.2, -0.15) is 0 Å². The predicted molar refractivity (Wildman–Crippen MR) is 69.3 cm³/mol. The number of ether oxygens (including phenoxy) is 1. The van der Waals surface area contributed by atoms with Gasteiger partial charge in [0.15, 0.2) is 0 Å². The molecule has 0 saturated carbocycles. The molecule has 1 aromatic carbocycles. The summed E-state index contributed by atoms with van der Waals surface area (Å²) in [5.41, 5.74) is 1.20. The average Bonchev–Trinajstić information content (AvgIpc) is 2.37. The van der Waals surface area contributed by atoms with Gasteiger partial charge in [0, 0.05) is 28.7 Å². The number of hydrogen-bond acceptors (Lipinski definition) is 3. The van der Waals surface area contributed by atoms with E-state index in [1.54, 1.807) is 0 Å². The third-order valence-electron chi connectivity index (χ3n) is 2.44. The van der Waals surface area contributed by atoms with Crippen LogP contribution in [0.5, 0.6) is 0 Å². The highest BCUT2D eigenvalue weighted by atomic mass is 32.2. The van der Waals surface area contributed by atoms with Gasteiger partial charge in [0.2, 0.25) is 0 Å². The SMILES string of the molecule is COC(=O)CCCS(=O)CCc1ccccc1. The summed E-state index contributed by atoms with van der Waals surface area (Å²) in [6.45, 7) is 0. The fraction of sp³-hybridized carbons (Fsp3) is 0.462. The molecule has 0 aromatic heterocycles. The zero-order valence-corrected chi connectivity index (χ0v) is 10.9. The number of esters is 1. The van der Waals surface area contributed by atoms with Gasteiger partial charge in [0.05, 0.1) is 7.11 Å². The Hall–Kier alpha value is -1.16. The van der Waals surface area contributed by atoms with Crippen LogP contribution in [0.3, 0.4) is 0 Å². The fourth-order valence-corrected chi connectivity index (χ4v) is 2.59. The van der Waals surface area contributed by atoms with Gasteiger partial charge in [-0.3, -0.25) is 9.00 Å². The van der Waals surface area contributed by atoms with Crippen LogP contribution in [-0.4, -0.2) is 28.8 Å². The minimum absolute atomic E-state index is 0.231. The lowest BCUT2D eigenvalue weighted by molar-refractivity contribution is -0.140. The zero-order valence-electron chi connectivity index (χ0n) is 10.1. The van der Waals surface area contributed by atoms with E-state index >= 15 is 0 Å². The maximum absolute atomic E-state index is 11.6. The highest BCUT2D eigenvalue weighted by molar-refractivity contribution is 7.84.